The van der Waals surface area contributed by atoms with Crippen molar-refractivity contribution in [2.75, 3.05) is 11.9 Å². The van der Waals surface area contributed by atoms with E-state index in [1.165, 1.54) is 5.56 Å². The molecular formula is C26H27BN4O2. The first-order valence-electron chi connectivity index (χ1n) is 11.1. The number of hydrogen-bond donors (Lipinski definition) is 0. The van der Waals surface area contributed by atoms with Gasteiger partial charge >= 0.3 is 7.05 Å². The minimum atomic E-state index is -0.193. The van der Waals surface area contributed by atoms with E-state index in [0.717, 1.165) is 39.7 Å². The molecule has 33 heavy (non-hydrogen) atoms. The lowest BCUT2D eigenvalue weighted by Gasteiger charge is -2.21. The maximum atomic E-state index is 6.37. The third-order valence-corrected chi connectivity index (χ3v) is 5.89. The van der Waals surface area contributed by atoms with Crippen LogP contribution in [-0.4, -0.2) is 29.1 Å². The molecule has 0 aliphatic carbocycles. The van der Waals surface area contributed by atoms with Crippen LogP contribution < -0.4 is 19.7 Å². The van der Waals surface area contributed by atoms with Crippen LogP contribution in [0.15, 0.2) is 72.9 Å². The van der Waals surface area contributed by atoms with Crippen molar-refractivity contribution < 1.29 is 9.39 Å². The molecule has 0 saturated carbocycles. The highest BCUT2D eigenvalue weighted by atomic mass is 16.5. The zero-order valence-electron chi connectivity index (χ0n) is 19.6. The topological polar surface area (TPSA) is 52.4 Å². The zero-order valence-corrected chi connectivity index (χ0v) is 19.6. The highest BCUT2D eigenvalue weighted by molar-refractivity contribution is 6.73. The molecule has 4 aromatic rings. The van der Waals surface area contributed by atoms with Gasteiger partial charge in [0.15, 0.2) is 0 Å². The Morgan fingerprint density at radius 3 is 2.45 bits per heavy atom. The second kappa shape index (κ2) is 7.99. The summed E-state index contributed by atoms with van der Waals surface area (Å²) in [7, 11) is 3.72. The third-order valence-electron chi connectivity index (χ3n) is 5.89. The van der Waals surface area contributed by atoms with Gasteiger partial charge in [-0.25, -0.2) is 0 Å². The molecule has 7 heteroatoms. The Bertz CT molecular complexity index is 1310. The summed E-state index contributed by atoms with van der Waals surface area (Å²) in [5.74, 6) is 2.42. The first-order chi connectivity index (χ1) is 15.8. The molecule has 0 spiro atoms. The van der Waals surface area contributed by atoms with E-state index in [1.807, 2.05) is 62.8 Å². The molecule has 1 aromatic heterocycles. The van der Waals surface area contributed by atoms with Gasteiger partial charge in [-0.15, -0.1) is 5.10 Å². The van der Waals surface area contributed by atoms with Crippen LogP contribution in [0, 0.1) is 0 Å². The van der Waals surface area contributed by atoms with Gasteiger partial charge in [0.05, 0.1) is 11.9 Å². The van der Waals surface area contributed by atoms with Crippen LogP contribution >= 0.6 is 0 Å². The number of ether oxygens (including phenoxy) is 1. The first-order valence-corrected chi connectivity index (χ1v) is 11.1. The van der Waals surface area contributed by atoms with Crippen molar-refractivity contribution in [3.05, 3.63) is 78.5 Å². The van der Waals surface area contributed by atoms with E-state index < -0.39 is 0 Å². The second-order valence-electron chi connectivity index (χ2n) is 9.50. The number of fused-ring (bicyclic) bond motifs is 1. The van der Waals surface area contributed by atoms with Gasteiger partial charge in [0.1, 0.15) is 22.9 Å². The van der Waals surface area contributed by atoms with Crippen molar-refractivity contribution in [1.29, 1.82) is 0 Å². The van der Waals surface area contributed by atoms with Crippen LogP contribution in [0.25, 0.3) is 11.3 Å². The van der Waals surface area contributed by atoms with Crippen LogP contribution in [0.3, 0.4) is 0 Å². The monoisotopic (exact) mass is 438 g/mol. The smallest absolute Gasteiger partial charge is 0.519 e. The number of para-hydroxylation sites is 2. The van der Waals surface area contributed by atoms with Crippen molar-refractivity contribution in [2.45, 2.75) is 26.2 Å². The van der Waals surface area contributed by atoms with Crippen LogP contribution in [0.5, 0.6) is 17.2 Å². The Morgan fingerprint density at radius 2 is 1.73 bits per heavy atom. The van der Waals surface area contributed by atoms with Crippen molar-refractivity contribution in [3.63, 3.8) is 0 Å². The van der Waals surface area contributed by atoms with E-state index >= 15 is 0 Å². The summed E-state index contributed by atoms with van der Waals surface area (Å²) >= 11 is 0. The molecule has 2 heterocycles. The standard InChI is InChI=1S/C26H27BN4O2/c1-26(2,3)19-13-18(23-17-30(4)29-28-23)14-22(15-19)32-21-10-8-9-20(16-21)27-31(5)24-11-6-7-12-25(24)33-27/h6-17H,1-5H3. The van der Waals surface area contributed by atoms with E-state index in [2.05, 4.69) is 60.2 Å². The fourth-order valence-electron chi connectivity index (χ4n) is 4.05. The van der Waals surface area contributed by atoms with E-state index in [1.54, 1.807) is 4.68 Å². The highest BCUT2D eigenvalue weighted by Crippen LogP contribution is 2.35. The maximum absolute atomic E-state index is 6.37. The van der Waals surface area contributed by atoms with Crippen LogP contribution in [-0.2, 0) is 12.5 Å². The number of hydrogen-bond acceptors (Lipinski definition) is 5. The van der Waals surface area contributed by atoms with E-state index in [4.69, 9.17) is 9.39 Å². The van der Waals surface area contributed by atoms with Gasteiger partial charge in [0.2, 0.25) is 0 Å². The Kier molecular flexibility index (Phi) is 5.12. The van der Waals surface area contributed by atoms with Crippen LogP contribution in [0.4, 0.5) is 5.69 Å². The van der Waals surface area contributed by atoms with Crippen LogP contribution in [0.2, 0.25) is 0 Å². The lowest BCUT2D eigenvalue weighted by molar-refractivity contribution is 0.479. The summed E-state index contributed by atoms with van der Waals surface area (Å²) in [6, 6.07) is 22.4. The number of anilines is 1. The second-order valence-corrected chi connectivity index (χ2v) is 9.50. The molecule has 6 nitrogen and oxygen atoms in total. The first kappa shape index (κ1) is 21.1. The lowest BCUT2D eigenvalue weighted by atomic mass is 9.72. The molecule has 166 valence electrons. The molecule has 0 amide bonds. The molecule has 5 rings (SSSR count). The van der Waals surface area contributed by atoms with Gasteiger partial charge in [0, 0.05) is 12.6 Å². The Labute approximate surface area is 194 Å². The zero-order chi connectivity index (χ0) is 23.2. The Morgan fingerprint density at radius 1 is 0.909 bits per heavy atom. The molecule has 1 aliphatic rings. The summed E-state index contributed by atoms with van der Waals surface area (Å²) < 4.78 is 14.3. The fourth-order valence-corrected chi connectivity index (χ4v) is 4.05. The van der Waals surface area contributed by atoms with Crippen molar-refractivity contribution in [1.82, 2.24) is 15.0 Å². The van der Waals surface area contributed by atoms with Gasteiger partial charge in [-0.3, -0.25) is 4.68 Å². The van der Waals surface area contributed by atoms with Gasteiger partial charge in [-0.05, 0) is 66.0 Å². The predicted molar refractivity (Wildman–Crippen MR) is 133 cm³/mol. The fraction of sp³-hybridized carbons (Fsp3) is 0.231. The molecule has 0 fully saturated rings. The van der Waals surface area contributed by atoms with E-state index in [-0.39, 0.29) is 12.5 Å². The summed E-state index contributed by atoms with van der Waals surface area (Å²) in [6.07, 6.45) is 1.91. The molecule has 0 N–H and O–H groups in total. The minimum absolute atomic E-state index is 0.0373. The molecule has 0 bridgehead atoms. The minimum Gasteiger partial charge on any atom is -0.536 e. The van der Waals surface area contributed by atoms with Gasteiger partial charge in [-0.2, -0.15) is 0 Å². The van der Waals surface area contributed by atoms with Gasteiger partial charge < -0.3 is 14.2 Å². The van der Waals surface area contributed by atoms with Crippen molar-refractivity contribution in [2.24, 2.45) is 7.05 Å². The van der Waals surface area contributed by atoms with Gasteiger partial charge in [-0.1, -0.05) is 50.3 Å². The predicted octanol–water partition coefficient (Wildman–Crippen LogP) is 4.80. The SMILES string of the molecule is CN1B(c2cccc(Oc3cc(-c4cn(C)nn4)cc(C(C)(C)C)c3)c2)Oc2ccccc21. The molecular weight excluding hydrogens is 411 g/mol. The lowest BCUT2D eigenvalue weighted by Crippen LogP contribution is -2.47. The summed E-state index contributed by atoms with van der Waals surface area (Å²) in [5, 5.41) is 8.37. The number of aryl methyl sites for hydroxylation is 1. The van der Waals surface area contributed by atoms with E-state index in [9.17, 15) is 0 Å². The molecule has 1 aliphatic heterocycles. The largest absolute Gasteiger partial charge is 0.536 e. The van der Waals surface area contributed by atoms with Crippen molar-refractivity contribution in [3.8, 4) is 28.5 Å². The number of benzene rings is 3. The third kappa shape index (κ3) is 4.18. The molecule has 0 radical (unpaired) electrons. The average Bonchev–Trinajstić information content (AvgIpc) is 3.37. The summed E-state index contributed by atoms with van der Waals surface area (Å²) in [4.78, 5) is 2.14. The number of aromatic nitrogens is 3. The normalized spacial score (nSPS) is 13.1. The molecule has 3 aromatic carbocycles. The number of nitrogens with zero attached hydrogens (tertiary/aromatic N) is 4. The highest BCUT2D eigenvalue weighted by Gasteiger charge is 2.35. The Balaban J connectivity index is 1.46. The van der Waals surface area contributed by atoms with Crippen molar-refractivity contribution >= 4 is 18.2 Å². The molecule has 0 atom stereocenters. The maximum Gasteiger partial charge on any atom is 0.519 e. The van der Waals surface area contributed by atoms with Gasteiger partial charge in [0.25, 0.3) is 0 Å². The Hall–Kier alpha value is -3.74. The summed E-state index contributed by atoms with van der Waals surface area (Å²) in [5.41, 5.74) is 5.06. The van der Waals surface area contributed by atoms with Crippen LogP contribution in [0.1, 0.15) is 26.3 Å². The molecule has 0 saturated heterocycles. The van der Waals surface area contributed by atoms with E-state index in [0.29, 0.717) is 0 Å². The quantitative estimate of drug-likeness (QED) is 0.429. The summed E-state index contributed by atoms with van der Waals surface area (Å²) in [6.45, 7) is 6.58. The number of rotatable bonds is 4. The average molecular weight is 438 g/mol. The molecule has 0 unspecified atom stereocenters.